The van der Waals surface area contributed by atoms with Crippen LogP contribution in [0.15, 0.2) is 36.4 Å². The largest absolute Gasteiger partial charge is 0.478 e. The molecule has 3 aliphatic heterocycles. The Morgan fingerprint density at radius 3 is 2.77 bits per heavy atom. The maximum absolute atomic E-state index is 12.7. The molecule has 6 heteroatoms. The van der Waals surface area contributed by atoms with Crippen LogP contribution in [0.4, 0.5) is 5.69 Å². The first-order valence-corrected chi connectivity index (χ1v) is 7.01. The zero-order valence-corrected chi connectivity index (χ0v) is 11.7. The Labute approximate surface area is 126 Å². The summed E-state index contributed by atoms with van der Waals surface area (Å²) >= 11 is 0. The van der Waals surface area contributed by atoms with E-state index in [1.165, 1.54) is 18.2 Å². The highest BCUT2D eigenvalue weighted by Gasteiger charge is 2.66. The number of aromatic carboxylic acids is 1. The van der Waals surface area contributed by atoms with Crippen molar-refractivity contribution in [3.05, 3.63) is 42.0 Å². The number of imide groups is 1. The molecule has 22 heavy (non-hydrogen) atoms. The van der Waals surface area contributed by atoms with Gasteiger partial charge in [0.05, 0.1) is 34.8 Å². The number of hydrogen-bond donors (Lipinski definition) is 1. The van der Waals surface area contributed by atoms with Crippen LogP contribution in [0, 0.1) is 11.8 Å². The maximum atomic E-state index is 12.7. The molecule has 0 spiro atoms. The number of rotatable bonds is 2. The minimum Gasteiger partial charge on any atom is -0.478 e. The zero-order valence-electron chi connectivity index (χ0n) is 11.7. The van der Waals surface area contributed by atoms with Crippen molar-refractivity contribution >= 4 is 23.5 Å². The molecule has 112 valence electrons. The van der Waals surface area contributed by atoms with Gasteiger partial charge in [-0.15, -0.1) is 0 Å². The van der Waals surface area contributed by atoms with Crippen LogP contribution in [0.2, 0.25) is 0 Å². The third-order valence-electron chi connectivity index (χ3n) is 4.68. The van der Waals surface area contributed by atoms with Gasteiger partial charge in [-0.25, -0.2) is 9.69 Å². The molecule has 2 amide bonds. The van der Waals surface area contributed by atoms with Gasteiger partial charge in [-0.2, -0.15) is 0 Å². The fraction of sp³-hybridized carbons (Fsp3) is 0.312. The first-order valence-electron chi connectivity index (χ1n) is 7.01. The lowest BCUT2D eigenvalue weighted by Crippen LogP contribution is -2.38. The van der Waals surface area contributed by atoms with Gasteiger partial charge in [0.1, 0.15) is 0 Å². The van der Waals surface area contributed by atoms with Crippen LogP contribution in [-0.4, -0.2) is 34.6 Å². The summed E-state index contributed by atoms with van der Waals surface area (Å²) < 4.78 is 5.74. The van der Waals surface area contributed by atoms with Crippen molar-refractivity contribution in [2.24, 2.45) is 11.8 Å². The number of hydrogen-bond acceptors (Lipinski definition) is 4. The predicted octanol–water partition coefficient (Wildman–Crippen LogP) is 1.22. The summed E-state index contributed by atoms with van der Waals surface area (Å²) in [7, 11) is 0. The first kappa shape index (κ1) is 13.2. The lowest BCUT2D eigenvalue weighted by Gasteiger charge is -2.24. The number of fused-ring (bicyclic) bond motifs is 5. The Morgan fingerprint density at radius 2 is 2.09 bits per heavy atom. The Bertz CT molecular complexity index is 755. The highest BCUT2D eigenvalue weighted by Crippen LogP contribution is 2.52. The number of carbonyl (C=O) groups excluding carboxylic acids is 2. The molecular weight excluding hydrogens is 286 g/mol. The zero-order chi connectivity index (χ0) is 15.6. The van der Waals surface area contributed by atoms with Crippen molar-refractivity contribution in [2.45, 2.75) is 18.6 Å². The van der Waals surface area contributed by atoms with E-state index >= 15 is 0 Å². The van der Waals surface area contributed by atoms with E-state index in [0.717, 1.165) is 4.90 Å². The minimum absolute atomic E-state index is 0.0405. The van der Waals surface area contributed by atoms with Crippen molar-refractivity contribution in [3.8, 4) is 0 Å². The number of ether oxygens (including phenoxy) is 1. The molecule has 0 aromatic heterocycles. The second kappa shape index (κ2) is 4.04. The van der Waals surface area contributed by atoms with E-state index in [1.54, 1.807) is 13.0 Å². The molecule has 0 saturated carbocycles. The highest BCUT2D eigenvalue weighted by atomic mass is 16.5. The molecule has 2 bridgehead atoms. The maximum Gasteiger partial charge on any atom is 0.335 e. The molecule has 4 atom stereocenters. The van der Waals surface area contributed by atoms with E-state index in [1.807, 2.05) is 12.2 Å². The third-order valence-corrected chi connectivity index (χ3v) is 4.68. The molecule has 3 heterocycles. The quantitative estimate of drug-likeness (QED) is 0.655. The van der Waals surface area contributed by atoms with Crippen LogP contribution in [0.3, 0.4) is 0 Å². The van der Waals surface area contributed by atoms with Gasteiger partial charge in [0.25, 0.3) is 0 Å². The number of anilines is 1. The summed E-state index contributed by atoms with van der Waals surface area (Å²) in [5.41, 5.74) is -0.410. The van der Waals surface area contributed by atoms with E-state index in [-0.39, 0.29) is 23.5 Å². The lowest BCUT2D eigenvalue weighted by molar-refractivity contribution is -0.126. The molecule has 2 saturated heterocycles. The predicted molar refractivity (Wildman–Crippen MR) is 75.3 cm³/mol. The van der Waals surface area contributed by atoms with E-state index < -0.39 is 23.4 Å². The van der Waals surface area contributed by atoms with Crippen molar-refractivity contribution in [1.82, 2.24) is 0 Å². The summed E-state index contributed by atoms with van der Waals surface area (Å²) in [6, 6.07) is 5.87. The van der Waals surface area contributed by atoms with Crippen LogP contribution in [0.25, 0.3) is 0 Å². The van der Waals surface area contributed by atoms with E-state index in [9.17, 15) is 14.4 Å². The van der Waals surface area contributed by atoms with Gasteiger partial charge in [-0.05, 0) is 25.1 Å². The molecule has 6 nitrogen and oxygen atoms in total. The molecule has 1 N–H and O–H groups in total. The van der Waals surface area contributed by atoms with Crippen LogP contribution in [0.1, 0.15) is 17.3 Å². The molecule has 0 unspecified atom stereocenters. The average Bonchev–Trinajstić information content (AvgIpc) is 3.08. The summed E-state index contributed by atoms with van der Waals surface area (Å²) in [4.78, 5) is 37.5. The molecular formula is C16H13NO5. The molecule has 3 aliphatic rings. The molecule has 1 aromatic carbocycles. The number of carbonyl (C=O) groups is 3. The highest BCUT2D eigenvalue weighted by molar-refractivity contribution is 6.23. The van der Waals surface area contributed by atoms with E-state index in [2.05, 4.69) is 0 Å². The van der Waals surface area contributed by atoms with Crippen molar-refractivity contribution in [1.29, 1.82) is 0 Å². The normalized spacial score (nSPS) is 35.3. The summed E-state index contributed by atoms with van der Waals surface area (Å²) in [6.07, 6.45) is 3.28. The van der Waals surface area contributed by atoms with Gasteiger partial charge in [-0.1, -0.05) is 18.2 Å². The SMILES string of the molecule is C[C@@]12C=C[C@H](O1)[C@H]1C(=O)N(c3cccc(C(=O)O)c3)C(=O)[C@@H]12. The molecule has 0 aliphatic carbocycles. The number of nitrogens with zero attached hydrogens (tertiary/aromatic N) is 1. The van der Waals surface area contributed by atoms with Gasteiger partial charge >= 0.3 is 5.97 Å². The second-order valence-corrected chi connectivity index (χ2v) is 6.00. The van der Waals surface area contributed by atoms with Crippen LogP contribution >= 0.6 is 0 Å². The van der Waals surface area contributed by atoms with E-state index in [4.69, 9.17) is 9.84 Å². The summed E-state index contributed by atoms with van der Waals surface area (Å²) in [5.74, 6) is -2.81. The fourth-order valence-corrected chi connectivity index (χ4v) is 3.69. The Morgan fingerprint density at radius 1 is 1.32 bits per heavy atom. The summed E-state index contributed by atoms with van der Waals surface area (Å²) in [5, 5.41) is 9.06. The first-order chi connectivity index (χ1) is 10.4. The Kier molecular flexibility index (Phi) is 2.43. The molecule has 4 rings (SSSR count). The van der Waals surface area contributed by atoms with Crippen molar-refractivity contribution in [3.63, 3.8) is 0 Å². The standard InChI is InChI=1S/C16H13NO5/c1-16-6-5-10(22-16)11-12(16)14(19)17(13(11)18)9-4-2-3-8(7-9)15(20)21/h2-7,10-12H,1H3,(H,20,21)/t10-,11+,12+,16-/m0/s1. The number of carboxylic acids is 1. The lowest BCUT2D eigenvalue weighted by atomic mass is 9.78. The van der Waals surface area contributed by atoms with Crippen LogP contribution in [0.5, 0.6) is 0 Å². The monoisotopic (exact) mass is 299 g/mol. The number of benzene rings is 1. The smallest absolute Gasteiger partial charge is 0.335 e. The summed E-state index contributed by atoms with van der Waals surface area (Å²) in [6.45, 7) is 1.80. The minimum atomic E-state index is -1.10. The van der Waals surface area contributed by atoms with Gasteiger partial charge < -0.3 is 9.84 Å². The Balaban J connectivity index is 1.77. The number of amides is 2. The Hall–Kier alpha value is -2.47. The van der Waals surface area contributed by atoms with Gasteiger partial charge in [-0.3, -0.25) is 9.59 Å². The third kappa shape index (κ3) is 1.50. The fourth-order valence-electron chi connectivity index (χ4n) is 3.69. The molecule has 1 aromatic rings. The molecule has 0 radical (unpaired) electrons. The molecule has 2 fully saturated rings. The van der Waals surface area contributed by atoms with Gasteiger partial charge in [0.15, 0.2) is 0 Å². The van der Waals surface area contributed by atoms with Crippen LogP contribution in [-0.2, 0) is 14.3 Å². The average molecular weight is 299 g/mol. The second-order valence-electron chi connectivity index (χ2n) is 6.00. The van der Waals surface area contributed by atoms with Gasteiger partial charge in [0.2, 0.25) is 11.8 Å². The van der Waals surface area contributed by atoms with Crippen molar-refractivity contribution < 1.29 is 24.2 Å². The van der Waals surface area contributed by atoms with Gasteiger partial charge in [0, 0.05) is 0 Å². The van der Waals surface area contributed by atoms with E-state index in [0.29, 0.717) is 5.69 Å². The topological polar surface area (TPSA) is 83.9 Å². The number of carboxylic acid groups (broad SMARTS) is 1. The van der Waals surface area contributed by atoms with Crippen molar-refractivity contribution in [2.75, 3.05) is 4.90 Å². The van der Waals surface area contributed by atoms with Crippen LogP contribution < -0.4 is 4.90 Å².